The summed E-state index contributed by atoms with van der Waals surface area (Å²) in [5.74, 6) is -0.365. The highest BCUT2D eigenvalue weighted by Gasteiger charge is 2.14. The molecule has 4 heteroatoms. The molecule has 0 spiro atoms. The summed E-state index contributed by atoms with van der Waals surface area (Å²) in [4.78, 5) is 11.9. The SMILES string of the molecule is Cc1ccc(F)cc1NC(=O)CCC1CCCCN1. The Labute approximate surface area is 113 Å². The number of hydrogen-bond donors (Lipinski definition) is 2. The van der Waals surface area contributed by atoms with Crippen LogP contribution in [0.15, 0.2) is 18.2 Å². The van der Waals surface area contributed by atoms with Crippen LogP contribution in [0.1, 0.15) is 37.7 Å². The van der Waals surface area contributed by atoms with Crippen LogP contribution in [0.2, 0.25) is 0 Å². The fourth-order valence-electron chi connectivity index (χ4n) is 2.42. The molecular formula is C15H21FN2O. The Bertz CT molecular complexity index is 442. The first kappa shape index (κ1) is 14.0. The van der Waals surface area contributed by atoms with Gasteiger partial charge in [0.05, 0.1) is 0 Å². The van der Waals surface area contributed by atoms with Crippen LogP contribution in [-0.2, 0) is 4.79 Å². The van der Waals surface area contributed by atoms with Crippen molar-refractivity contribution in [2.24, 2.45) is 0 Å². The molecule has 2 rings (SSSR count). The predicted molar refractivity (Wildman–Crippen MR) is 74.6 cm³/mol. The van der Waals surface area contributed by atoms with E-state index in [0.717, 1.165) is 24.9 Å². The van der Waals surface area contributed by atoms with E-state index in [0.29, 0.717) is 18.2 Å². The number of halogens is 1. The minimum absolute atomic E-state index is 0.0407. The molecular weight excluding hydrogens is 243 g/mol. The third-order valence-corrected chi connectivity index (χ3v) is 3.61. The summed E-state index contributed by atoms with van der Waals surface area (Å²) in [6.07, 6.45) is 4.94. The number of carbonyl (C=O) groups excluding carboxylic acids is 1. The normalized spacial score (nSPS) is 19.2. The Balaban J connectivity index is 1.81. The number of aryl methyl sites for hydroxylation is 1. The number of carbonyl (C=O) groups is 1. The molecule has 1 unspecified atom stereocenters. The molecule has 1 aliphatic rings. The highest BCUT2D eigenvalue weighted by atomic mass is 19.1. The number of anilines is 1. The zero-order valence-corrected chi connectivity index (χ0v) is 11.3. The van der Waals surface area contributed by atoms with Crippen molar-refractivity contribution in [1.82, 2.24) is 5.32 Å². The Morgan fingerprint density at radius 3 is 3.05 bits per heavy atom. The van der Waals surface area contributed by atoms with Crippen LogP contribution in [0.5, 0.6) is 0 Å². The zero-order valence-electron chi connectivity index (χ0n) is 11.3. The summed E-state index contributed by atoms with van der Waals surface area (Å²) in [6, 6.07) is 4.89. The van der Waals surface area contributed by atoms with Gasteiger partial charge in [0, 0.05) is 18.2 Å². The third kappa shape index (κ3) is 4.31. The molecule has 1 aromatic rings. The first-order valence-electron chi connectivity index (χ1n) is 6.94. The van der Waals surface area contributed by atoms with Crippen molar-refractivity contribution in [2.75, 3.05) is 11.9 Å². The van der Waals surface area contributed by atoms with E-state index in [-0.39, 0.29) is 11.7 Å². The van der Waals surface area contributed by atoms with Gasteiger partial charge in [-0.15, -0.1) is 0 Å². The van der Waals surface area contributed by atoms with Crippen LogP contribution in [0.25, 0.3) is 0 Å². The summed E-state index contributed by atoms with van der Waals surface area (Å²) in [7, 11) is 0. The lowest BCUT2D eigenvalue weighted by Crippen LogP contribution is -2.34. The quantitative estimate of drug-likeness (QED) is 0.877. The van der Waals surface area contributed by atoms with Crippen LogP contribution in [0, 0.1) is 12.7 Å². The van der Waals surface area contributed by atoms with Gasteiger partial charge in [-0.1, -0.05) is 12.5 Å². The molecule has 19 heavy (non-hydrogen) atoms. The standard InChI is InChI=1S/C15H21FN2O/c1-11-5-6-12(16)10-14(11)18-15(19)8-7-13-4-2-3-9-17-13/h5-6,10,13,17H,2-4,7-9H2,1H3,(H,18,19). The molecule has 0 aromatic heterocycles. The van der Waals surface area contributed by atoms with Gasteiger partial charge in [0.1, 0.15) is 5.82 Å². The Kier molecular flexibility index (Phi) is 4.91. The number of benzene rings is 1. The maximum atomic E-state index is 13.1. The molecule has 1 aromatic carbocycles. The fourth-order valence-corrected chi connectivity index (χ4v) is 2.42. The lowest BCUT2D eigenvalue weighted by molar-refractivity contribution is -0.116. The van der Waals surface area contributed by atoms with Gasteiger partial charge < -0.3 is 10.6 Å². The van der Waals surface area contributed by atoms with Crippen molar-refractivity contribution in [3.8, 4) is 0 Å². The molecule has 1 fully saturated rings. The topological polar surface area (TPSA) is 41.1 Å². The summed E-state index contributed by atoms with van der Waals surface area (Å²) in [6.45, 7) is 2.91. The average Bonchev–Trinajstić information content (AvgIpc) is 2.42. The summed E-state index contributed by atoms with van der Waals surface area (Å²) in [5, 5.41) is 6.20. The second-order valence-electron chi connectivity index (χ2n) is 5.19. The molecule has 1 heterocycles. The maximum Gasteiger partial charge on any atom is 0.224 e. The van der Waals surface area contributed by atoms with E-state index in [1.54, 1.807) is 6.07 Å². The first-order chi connectivity index (χ1) is 9.15. The molecule has 1 saturated heterocycles. The number of nitrogens with one attached hydrogen (secondary N) is 2. The van der Waals surface area contributed by atoms with Crippen molar-refractivity contribution < 1.29 is 9.18 Å². The molecule has 0 saturated carbocycles. The van der Waals surface area contributed by atoms with Crippen LogP contribution in [-0.4, -0.2) is 18.5 Å². The molecule has 3 nitrogen and oxygen atoms in total. The first-order valence-corrected chi connectivity index (χ1v) is 6.94. The molecule has 0 radical (unpaired) electrons. The molecule has 1 amide bonds. The van der Waals surface area contributed by atoms with Crippen molar-refractivity contribution >= 4 is 11.6 Å². The highest BCUT2D eigenvalue weighted by Crippen LogP contribution is 2.17. The minimum atomic E-state index is -0.324. The predicted octanol–water partition coefficient (Wildman–Crippen LogP) is 2.99. The number of rotatable bonds is 4. The largest absolute Gasteiger partial charge is 0.326 e. The molecule has 1 aliphatic heterocycles. The number of piperidine rings is 1. The van der Waals surface area contributed by atoms with Gasteiger partial charge in [0.2, 0.25) is 5.91 Å². The van der Waals surface area contributed by atoms with E-state index >= 15 is 0 Å². The average molecular weight is 264 g/mol. The lowest BCUT2D eigenvalue weighted by Gasteiger charge is -2.23. The third-order valence-electron chi connectivity index (χ3n) is 3.61. The van der Waals surface area contributed by atoms with Crippen molar-refractivity contribution in [1.29, 1.82) is 0 Å². The van der Waals surface area contributed by atoms with E-state index in [1.807, 2.05) is 6.92 Å². The zero-order chi connectivity index (χ0) is 13.7. The second kappa shape index (κ2) is 6.66. The van der Waals surface area contributed by atoms with Crippen LogP contribution < -0.4 is 10.6 Å². The van der Waals surface area contributed by atoms with Gasteiger partial charge in [-0.05, 0) is 50.4 Å². The van der Waals surface area contributed by atoms with E-state index < -0.39 is 0 Å². The van der Waals surface area contributed by atoms with Crippen molar-refractivity contribution in [2.45, 2.75) is 45.1 Å². The Morgan fingerprint density at radius 2 is 2.32 bits per heavy atom. The molecule has 2 N–H and O–H groups in total. The van der Waals surface area contributed by atoms with Gasteiger partial charge >= 0.3 is 0 Å². The lowest BCUT2D eigenvalue weighted by atomic mass is 10.0. The van der Waals surface area contributed by atoms with Gasteiger partial charge in [0.25, 0.3) is 0 Å². The van der Waals surface area contributed by atoms with E-state index in [2.05, 4.69) is 10.6 Å². The van der Waals surface area contributed by atoms with Gasteiger partial charge in [-0.2, -0.15) is 0 Å². The van der Waals surface area contributed by atoms with Gasteiger partial charge in [-0.3, -0.25) is 4.79 Å². The number of hydrogen-bond acceptors (Lipinski definition) is 2. The monoisotopic (exact) mass is 264 g/mol. The number of amides is 1. The van der Waals surface area contributed by atoms with Crippen LogP contribution in [0.3, 0.4) is 0 Å². The second-order valence-corrected chi connectivity index (χ2v) is 5.19. The van der Waals surface area contributed by atoms with Crippen LogP contribution >= 0.6 is 0 Å². The maximum absolute atomic E-state index is 13.1. The highest BCUT2D eigenvalue weighted by molar-refractivity contribution is 5.91. The molecule has 1 atom stereocenters. The Morgan fingerprint density at radius 1 is 1.47 bits per heavy atom. The van der Waals surface area contributed by atoms with E-state index in [9.17, 15) is 9.18 Å². The van der Waals surface area contributed by atoms with Crippen molar-refractivity contribution in [3.63, 3.8) is 0 Å². The molecule has 104 valence electrons. The van der Waals surface area contributed by atoms with Crippen molar-refractivity contribution in [3.05, 3.63) is 29.6 Å². The summed E-state index contributed by atoms with van der Waals surface area (Å²) in [5.41, 5.74) is 1.45. The summed E-state index contributed by atoms with van der Waals surface area (Å²) < 4.78 is 13.1. The molecule has 0 bridgehead atoms. The van der Waals surface area contributed by atoms with E-state index in [4.69, 9.17) is 0 Å². The minimum Gasteiger partial charge on any atom is -0.326 e. The fraction of sp³-hybridized carbons (Fsp3) is 0.533. The van der Waals surface area contributed by atoms with Crippen LogP contribution in [0.4, 0.5) is 10.1 Å². The van der Waals surface area contributed by atoms with Gasteiger partial charge in [-0.25, -0.2) is 4.39 Å². The Hall–Kier alpha value is -1.42. The smallest absolute Gasteiger partial charge is 0.224 e. The molecule has 0 aliphatic carbocycles. The summed E-state index contributed by atoms with van der Waals surface area (Å²) >= 11 is 0. The van der Waals surface area contributed by atoms with E-state index in [1.165, 1.54) is 25.0 Å². The van der Waals surface area contributed by atoms with Gasteiger partial charge in [0.15, 0.2) is 0 Å².